The summed E-state index contributed by atoms with van der Waals surface area (Å²) in [6.07, 6.45) is 1.30. The summed E-state index contributed by atoms with van der Waals surface area (Å²) in [5.41, 5.74) is 1.13. The van der Waals surface area contributed by atoms with Crippen LogP contribution in [0.2, 0.25) is 0 Å². The van der Waals surface area contributed by atoms with Crippen molar-refractivity contribution in [1.29, 1.82) is 0 Å². The summed E-state index contributed by atoms with van der Waals surface area (Å²) < 4.78 is 17.0. The van der Waals surface area contributed by atoms with E-state index in [-0.39, 0.29) is 0 Å². The van der Waals surface area contributed by atoms with Crippen molar-refractivity contribution in [2.75, 3.05) is 11.9 Å². The highest BCUT2D eigenvalue weighted by atomic mass is 16.6. The van der Waals surface area contributed by atoms with Crippen LogP contribution in [-0.2, 0) is 4.74 Å². The summed E-state index contributed by atoms with van der Waals surface area (Å²) in [5.74, 6) is 0.490. The summed E-state index contributed by atoms with van der Waals surface area (Å²) in [7, 11) is 0. The third-order valence-electron chi connectivity index (χ3n) is 4.84. The first-order valence-corrected chi connectivity index (χ1v) is 11.2. The SMILES string of the molecule is CCCCOc1c(C(=O)Oc2ccccc2)c(C)cc2cc(NC(=O)OC(C)(C)C)ccc12. The molecule has 1 N–H and O–H groups in total. The molecular formula is C27H31NO5. The van der Waals surface area contributed by atoms with Crippen LogP contribution in [0, 0.1) is 6.92 Å². The molecule has 6 heteroatoms. The van der Waals surface area contributed by atoms with Crippen LogP contribution < -0.4 is 14.8 Å². The van der Waals surface area contributed by atoms with Gasteiger partial charge in [-0.25, -0.2) is 9.59 Å². The maximum Gasteiger partial charge on any atom is 0.412 e. The number of para-hydroxylation sites is 1. The van der Waals surface area contributed by atoms with Gasteiger partial charge in [0, 0.05) is 11.1 Å². The molecule has 0 spiro atoms. The van der Waals surface area contributed by atoms with Gasteiger partial charge in [-0.2, -0.15) is 0 Å². The highest BCUT2D eigenvalue weighted by Gasteiger charge is 2.22. The molecule has 0 aliphatic carbocycles. The third kappa shape index (κ3) is 6.48. The number of benzene rings is 3. The van der Waals surface area contributed by atoms with Crippen molar-refractivity contribution in [3.05, 3.63) is 65.7 Å². The predicted molar refractivity (Wildman–Crippen MR) is 130 cm³/mol. The number of fused-ring (bicyclic) bond motifs is 1. The maximum absolute atomic E-state index is 13.1. The molecule has 0 aromatic heterocycles. The molecule has 0 aliphatic rings. The molecule has 0 aliphatic heterocycles. The van der Waals surface area contributed by atoms with Gasteiger partial charge < -0.3 is 14.2 Å². The first-order valence-electron chi connectivity index (χ1n) is 11.2. The summed E-state index contributed by atoms with van der Waals surface area (Å²) in [4.78, 5) is 25.3. The summed E-state index contributed by atoms with van der Waals surface area (Å²) in [5, 5.41) is 4.37. The van der Waals surface area contributed by atoms with Crippen LogP contribution in [0.5, 0.6) is 11.5 Å². The molecular weight excluding hydrogens is 418 g/mol. The number of hydrogen-bond donors (Lipinski definition) is 1. The lowest BCUT2D eigenvalue weighted by molar-refractivity contribution is 0.0635. The van der Waals surface area contributed by atoms with E-state index in [4.69, 9.17) is 14.2 Å². The number of carbonyl (C=O) groups is 2. The molecule has 0 fully saturated rings. The Morgan fingerprint density at radius 2 is 1.73 bits per heavy atom. The molecule has 0 saturated carbocycles. The van der Waals surface area contributed by atoms with Crippen LogP contribution in [0.25, 0.3) is 10.8 Å². The Hall–Kier alpha value is -3.54. The average molecular weight is 450 g/mol. The van der Waals surface area contributed by atoms with E-state index in [1.807, 2.05) is 64.1 Å². The van der Waals surface area contributed by atoms with Gasteiger partial charge in [0.25, 0.3) is 0 Å². The van der Waals surface area contributed by atoms with Gasteiger partial charge in [-0.05, 0) is 75.4 Å². The number of carbonyl (C=O) groups excluding carboxylic acids is 2. The fraction of sp³-hybridized carbons (Fsp3) is 0.333. The number of hydrogen-bond acceptors (Lipinski definition) is 5. The number of rotatable bonds is 7. The molecule has 3 aromatic carbocycles. The van der Waals surface area contributed by atoms with Gasteiger partial charge in [0.2, 0.25) is 0 Å². The highest BCUT2D eigenvalue weighted by Crippen LogP contribution is 2.35. The van der Waals surface area contributed by atoms with Gasteiger partial charge >= 0.3 is 12.1 Å². The van der Waals surface area contributed by atoms with Crippen molar-refractivity contribution in [1.82, 2.24) is 0 Å². The minimum Gasteiger partial charge on any atom is -0.492 e. The second-order valence-corrected chi connectivity index (χ2v) is 8.86. The predicted octanol–water partition coefficient (Wildman–Crippen LogP) is 6.89. The van der Waals surface area contributed by atoms with Crippen molar-refractivity contribution >= 4 is 28.5 Å². The molecule has 33 heavy (non-hydrogen) atoms. The van der Waals surface area contributed by atoms with E-state index in [9.17, 15) is 9.59 Å². The van der Waals surface area contributed by atoms with E-state index >= 15 is 0 Å². The molecule has 1 amide bonds. The zero-order valence-corrected chi connectivity index (χ0v) is 19.9. The van der Waals surface area contributed by atoms with Gasteiger partial charge in [0.1, 0.15) is 22.7 Å². The lowest BCUT2D eigenvalue weighted by atomic mass is 9.99. The van der Waals surface area contributed by atoms with E-state index in [0.29, 0.717) is 29.4 Å². The Kier molecular flexibility index (Phi) is 7.59. The van der Waals surface area contributed by atoms with Crippen LogP contribution in [0.4, 0.5) is 10.5 Å². The quantitative estimate of drug-likeness (QED) is 0.241. The molecule has 6 nitrogen and oxygen atoms in total. The molecule has 0 unspecified atom stereocenters. The molecule has 3 aromatic rings. The van der Waals surface area contributed by atoms with Gasteiger partial charge in [-0.15, -0.1) is 0 Å². The molecule has 0 atom stereocenters. The van der Waals surface area contributed by atoms with Crippen molar-refractivity contribution < 1.29 is 23.8 Å². The van der Waals surface area contributed by atoms with Crippen molar-refractivity contribution in [3.63, 3.8) is 0 Å². The van der Waals surface area contributed by atoms with Crippen LogP contribution in [0.15, 0.2) is 54.6 Å². The Morgan fingerprint density at radius 3 is 2.39 bits per heavy atom. The van der Waals surface area contributed by atoms with E-state index in [1.165, 1.54) is 0 Å². The number of anilines is 1. The molecule has 0 heterocycles. The Bertz CT molecular complexity index is 1130. The molecule has 3 rings (SSSR count). The summed E-state index contributed by atoms with van der Waals surface area (Å²) >= 11 is 0. The minimum absolute atomic E-state index is 0.398. The number of unbranched alkanes of at least 4 members (excludes halogenated alkanes) is 1. The van der Waals surface area contributed by atoms with Crippen LogP contribution in [-0.4, -0.2) is 24.3 Å². The first kappa shape index (κ1) is 24.1. The average Bonchev–Trinajstić information content (AvgIpc) is 2.72. The minimum atomic E-state index is -0.591. The second-order valence-electron chi connectivity index (χ2n) is 8.86. The topological polar surface area (TPSA) is 73.9 Å². The lowest BCUT2D eigenvalue weighted by Gasteiger charge is -2.20. The van der Waals surface area contributed by atoms with Crippen molar-refractivity contribution in [2.45, 2.75) is 53.1 Å². The second kappa shape index (κ2) is 10.4. The first-order chi connectivity index (χ1) is 15.7. The van der Waals surface area contributed by atoms with E-state index < -0.39 is 17.7 Å². The van der Waals surface area contributed by atoms with Gasteiger partial charge in [0.05, 0.1) is 6.61 Å². The van der Waals surface area contributed by atoms with Crippen LogP contribution in [0.3, 0.4) is 0 Å². The monoisotopic (exact) mass is 449 g/mol. The Labute approximate surface area is 194 Å². The fourth-order valence-corrected chi connectivity index (χ4v) is 3.38. The van der Waals surface area contributed by atoms with E-state index in [1.54, 1.807) is 18.2 Å². The summed E-state index contributed by atoms with van der Waals surface area (Å²) in [6.45, 7) is 9.85. The molecule has 174 valence electrons. The lowest BCUT2D eigenvalue weighted by Crippen LogP contribution is -2.27. The van der Waals surface area contributed by atoms with Crippen LogP contribution >= 0.6 is 0 Å². The molecule has 0 bridgehead atoms. The largest absolute Gasteiger partial charge is 0.492 e. The maximum atomic E-state index is 13.1. The smallest absolute Gasteiger partial charge is 0.412 e. The van der Waals surface area contributed by atoms with E-state index in [2.05, 4.69) is 12.2 Å². The number of nitrogens with one attached hydrogen (secondary N) is 1. The normalized spacial score (nSPS) is 11.2. The van der Waals surface area contributed by atoms with Crippen molar-refractivity contribution in [2.24, 2.45) is 0 Å². The Balaban J connectivity index is 1.98. The van der Waals surface area contributed by atoms with Gasteiger partial charge in [-0.3, -0.25) is 5.32 Å². The number of amides is 1. The standard InChI is InChI=1S/C27H31NO5/c1-6-7-15-31-24-22-14-13-20(28-26(30)33-27(3,4)5)17-19(22)16-18(2)23(24)25(29)32-21-11-9-8-10-12-21/h8-14,16-17H,6-7,15H2,1-5H3,(H,28,30). The summed E-state index contributed by atoms with van der Waals surface area (Å²) in [6, 6.07) is 16.3. The van der Waals surface area contributed by atoms with E-state index in [0.717, 1.165) is 29.2 Å². The molecule has 0 radical (unpaired) electrons. The number of ether oxygens (including phenoxy) is 3. The highest BCUT2D eigenvalue weighted by molar-refractivity contribution is 6.04. The van der Waals surface area contributed by atoms with Crippen molar-refractivity contribution in [3.8, 4) is 11.5 Å². The Morgan fingerprint density at radius 1 is 1.00 bits per heavy atom. The zero-order chi connectivity index (χ0) is 24.0. The van der Waals surface area contributed by atoms with Gasteiger partial charge in [-0.1, -0.05) is 37.6 Å². The van der Waals surface area contributed by atoms with Crippen LogP contribution in [0.1, 0.15) is 56.5 Å². The number of esters is 1. The number of aryl methyl sites for hydroxylation is 1. The molecule has 0 saturated heterocycles. The fourth-order valence-electron chi connectivity index (χ4n) is 3.38. The van der Waals surface area contributed by atoms with Gasteiger partial charge in [0.15, 0.2) is 0 Å². The zero-order valence-electron chi connectivity index (χ0n) is 19.9. The third-order valence-corrected chi connectivity index (χ3v) is 4.84.